The molecule has 0 saturated carbocycles. The van der Waals surface area contributed by atoms with E-state index in [1.807, 2.05) is 25.3 Å². The Bertz CT molecular complexity index is 789. The van der Waals surface area contributed by atoms with Crippen molar-refractivity contribution in [3.05, 3.63) is 41.3 Å². The summed E-state index contributed by atoms with van der Waals surface area (Å²) >= 11 is 0. The van der Waals surface area contributed by atoms with Crippen LogP contribution in [-0.2, 0) is 11.3 Å². The van der Waals surface area contributed by atoms with E-state index in [9.17, 15) is 13.2 Å². The minimum Gasteiger partial charge on any atom is -0.372 e. The maximum Gasteiger partial charge on any atom is 0.391 e. The Morgan fingerprint density at radius 1 is 1.18 bits per heavy atom. The molecule has 5 nitrogen and oxygen atoms in total. The molecule has 2 aliphatic heterocycles. The van der Waals surface area contributed by atoms with Crippen LogP contribution >= 0.6 is 0 Å². The van der Waals surface area contributed by atoms with Gasteiger partial charge in [0.2, 0.25) is 0 Å². The average molecular weight is 394 g/mol. The van der Waals surface area contributed by atoms with Gasteiger partial charge in [-0.2, -0.15) is 18.3 Å². The number of rotatable bonds is 4. The fourth-order valence-electron chi connectivity index (χ4n) is 3.98. The Kier molecular flexibility index (Phi) is 5.42. The van der Waals surface area contributed by atoms with Crippen molar-refractivity contribution >= 4 is 0 Å². The van der Waals surface area contributed by atoms with E-state index in [1.165, 1.54) is 0 Å². The molecular formula is C20H25F3N4O. The molecule has 0 amide bonds. The van der Waals surface area contributed by atoms with Crippen molar-refractivity contribution in [1.82, 2.24) is 19.7 Å². The van der Waals surface area contributed by atoms with Gasteiger partial charge in [0.1, 0.15) is 6.10 Å². The molecule has 0 spiro atoms. The van der Waals surface area contributed by atoms with Crippen LogP contribution in [0.2, 0.25) is 0 Å². The molecule has 0 radical (unpaired) electrons. The lowest BCUT2D eigenvalue weighted by Gasteiger charge is -2.32. The molecule has 0 N–H and O–H groups in total. The molecule has 2 aliphatic rings. The lowest BCUT2D eigenvalue weighted by atomic mass is 9.96. The average Bonchev–Trinajstić information content (AvgIpc) is 3.32. The molecule has 0 aliphatic carbocycles. The molecular weight excluding hydrogens is 369 g/mol. The second kappa shape index (κ2) is 7.83. The van der Waals surface area contributed by atoms with Crippen LogP contribution in [0.3, 0.4) is 0 Å². The predicted octanol–water partition coefficient (Wildman–Crippen LogP) is 4.20. The van der Waals surface area contributed by atoms with Crippen molar-refractivity contribution in [2.24, 2.45) is 5.92 Å². The fraction of sp³-hybridized carbons (Fsp3) is 0.600. The maximum absolute atomic E-state index is 12.9. The highest BCUT2D eigenvalue weighted by Crippen LogP contribution is 2.35. The number of likely N-dealkylation sites (tertiary alicyclic amines) is 1. The molecule has 4 heterocycles. The molecule has 0 aromatic carbocycles. The molecule has 2 aromatic rings. The summed E-state index contributed by atoms with van der Waals surface area (Å²) in [6, 6.07) is 3.90. The van der Waals surface area contributed by atoms with E-state index in [-0.39, 0.29) is 18.9 Å². The summed E-state index contributed by atoms with van der Waals surface area (Å²) in [4.78, 5) is 6.52. The number of aryl methyl sites for hydroxylation is 1. The third-order valence-corrected chi connectivity index (χ3v) is 5.63. The van der Waals surface area contributed by atoms with Gasteiger partial charge in [0.25, 0.3) is 0 Å². The van der Waals surface area contributed by atoms with Gasteiger partial charge in [-0.05, 0) is 57.3 Å². The van der Waals surface area contributed by atoms with Crippen LogP contribution in [-0.4, -0.2) is 45.5 Å². The highest BCUT2D eigenvalue weighted by molar-refractivity contribution is 5.29. The Morgan fingerprint density at radius 2 is 1.96 bits per heavy atom. The van der Waals surface area contributed by atoms with Crippen molar-refractivity contribution < 1.29 is 17.9 Å². The summed E-state index contributed by atoms with van der Waals surface area (Å²) in [5.41, 5.74) is 2.97. The first-order valence-electron chi connectivity index (χ1n) is 9.82. The molecule has 4 rings (SSSR count). The van der Waals surface area contributed by atoms with Crippen LogP contribution in [0, 0.1) is 12.8 Å². The first-order chi connectivity index (χ1) is 13.4. The quantitative estimate of drug-likeness (QED) is 0.780. The second-order valence-electron chi connectivity index (χ2n) is 7.77. The zero-order valence-electron chi connectivity index (χ0n) is 16.0. The highest BCUT2D eigenvalue weighted by atomic mass is 19.4. The number of piperidine rings is 1. The van der Waals surface area contributed by atoms with Gasteiger partial charge in [-0.15, -0.1) is 0 Å². The zero-order valence-corrected chi connectivity index (χ0v) is 16.0. The van der Waals surface area contributed by atoms with Crippen LogP contribution in [0.4, 0.5) is 13.2 Å². The number of alkyl halides is 3. The number of aromatic nitrogens is 3. The van der Waals surface area contributed by atoms with Crippen LogP contribution < -0.4 is 0 Å². The highest BCUT2D eigenvalue weighted by Gasteiger charge is 2.41. The first-order valence-corrected chi connectivity index (χ1v) is 9.82. The monoisotopic (exact) mass is 394 g/mol. The van der Waals surface area contributed by atoms with Crippen LogP contribution in [0.5, 0.6) is 0 Å². The number of halogens is 3. The van der Waals surface area contributed by atoms with Gasteiger partial charge in [-0.25, -0.2) is 9.67 Å². The molecule has 2 saturated heterocycles. The third kappa shape index (κ3) is 4.22. The molecule has 1 unspecified atom stereocenters. The fourth-order valence-corrected chi connectivity index (χ4v) is 3.98. The summed E-state index contributed by atoms with van der Waals surface area (Å²) < 4.78 is 46.4. The summed E-state index contributed by atoms with van der Waals surface area (Å²) in [7, 11) is 0. The van der Waals surface area contributed by atoms with Crippen molar-refractivity contribution in [2.75, 3.05) is 19.7 Å². The smallest absolute Gasteiger partial charge is 0.372 e. The van der Waals surface area contributed by atoms with Crippen molar-refractivity contribution in [1.29, 1.82) is 0 Å². The molecule has 8 heteroatoms. The number of hydrogen-bond acceptors (Lipinski definition) is 4. The van der Waals surface area contributed by atoms with Gasteiger partial charge in [0.15, 0.2) is 5.82 Å². The molecule has 2 fully saturated rings. The van der Waals surface area contributed by atoms with E-state index in [4.69, 9.17) is 9.84 Å². The third-order valence-electron chi connectivity index (χ3n) is 5.63. The minimum absolute atomic E-state index is 0.0468. The molecule has 1 atom stereocenters. The van der Waals surface area contributed by atoms with Gasteiger partial charge in [-0.1, -0.05) is 6.07 Å². The van der Waals surface area contributed by atoms with Crippen LogP contribution in [0.1, 0.15) is 48.6 Å². The number of pyridine rings is 1. The van der Waals surface area contributed by atoms with E-state index >= 15 is 0 Å². The SMILES string of the molecule is Cc1ccc(-n2cc(CN3CCC(C(F)(F)F)CC3)c(C3CCCO3)n2)nc1. The summed E-state index contributed by atoms with van der Waals surface area (Å²) in [6.07, 6.45) is 1.84. The minimum atomic E-state index is -4.09. The van der Waals surface area contributed by atoms with E-state index in [1.54, 1.807) is 10.9 Å². The Balaban J connectivity index is 1.53. The Labute approximate surface area is 162 Å². The van der Waals surface area contributed by atoms with Crippen LogP contribution in [0.15, 0.2) is 24.5 Å². The van der Waals surface area contributed by atoms with Gasteiger partial charge in [-0.3, -0.25) is 4.90 Å². The first kappa shape index (κ1) is 19.4. The standard InChI is InChI=1S/C20H25F3N4O/c1-14-4-5-18(24-11-14)27-13-15(19(25-27)17-3-2-10-28-17)12-26-8-6-16(7-9-26)20(21,22)23/h4-5,11,13,16-17H,2-3,6-10,12H2,1H3. The molecule has 2 aromatic heterocycles. The molecule has 0 bridgehead atoms. The topological polar surface area (TPSA) is 43.2 Å². The number of hydrogen-bond donors (Lipinski definition) is 0. The van der Waals surface area contributed by atoms with E-state index in [0.717, 1.165) is 42.1 Å². The lowest BCUT2D eigenvalue weighted by Crippen LogP contribution is -2.38. The normalized spacial score (nSPS) is 22.1. The van der Waals surface area contributed by atoms with E-state index in [0.29, 0.717) is 19.6 Å². The van der Waals surface area contributed by atoms with Gasteiger partial charge in [0.05, 0.1) is 11.6 Å². The van der Waals surface area contributed by atoms with E-state index < -0.39 is 12.1 Å². The van der Waals surface area contributed by atoms with Crippen molar-refractivity contribution in [2.45, 2.75) is 51.4 Å². The number of ether oxygens (including phenoxy) is 1. The Morgan fingerprint density at radius 3 is 2.57 bits per heavy atom. The molecule has 28 heavy (non-hydrogen) atoms. The maximum atomic E-state index is 12.9. The van der Waals surface area contributed by atoms with Gasteiger partial charge >= 0.3 is 6.18 Å². The summed E-state index contributed by atoms with van der Waals surface area (Å²) in [5, 5.41) is 4.73. The summed E-state index contributed by atoms with van der Waals surface area (Å²) in [6.45, 7) is 4.18. The second-order valence-corrected chi connectivity index (χ2v) is 7.77. The largest absolute Gasteiger partial charge is 0.391 e. The van der Waals surface area contributed by atoms with Crippen LogP contribution in [0.25, 0.3) is 5.82 Å². The molecule has 152 valence electrons. The summed E-state index contributed by atoms with van der Waals surface area (Å²) in [5.74, 6) is -0.451. The van der Waals surface area contributed by atoms with Gasteiger partial charge < -0.3 is 4.74 Å². The number of nitrogens with zero attached hydrogens (tertiary/aromatic N) is 4. The predicted molar refractivity (Wildman–Crippen MR) is 98.1 cm³/mol. The zero-order chi connectivity index (χ0) is 19.7. The van der Waals surface area contributed by atoms with Crippen molar-refractivity contribution in [3.63, 3.8) is 0 Å². The lowest BCUT2D eigenvalue weighted by molar-refractivity contribution is -0.185. The van der Waals surface area contributed by atoms with E-state index in [2.05, 4.69) is 9.88 Å². The Hall–Kier alpha value is -1.93. The van der Waals surface area contributed by atoms with Gasteiger partial charge in [0, 0.05) is 31.1 Å². The van der Waals surface area contributed by atoms with Crippen molar-refractivity contribution in [3.8, 4) is 5.82 Å².